The van der Waals surface area contributed by atoms with Gasteiger partial charge in [-0.15, -0.1) is 0 Å². The predicted molar refractivity (Wildman–Crippen MR) is 127 cm³/mol. The van der Waals surface area contributed by atoms with Gasteiger partial charge < -0.3 is 10.6 Å². The van der Waals surface area contributed by atoms with Gasteiger partial charge in [0.25, 0.3) is 0 Å². The lowest BCUT2D eigenvalue weighted by molar-refractivity contribution is -0.117. The van der Waals surface area contributed by atoms with Crippen LogP contribution in [0.4, 0.5) is 21.7 Å². The van der Waals surface area contributed by atoms with E-state index in [-0.39, 0.29) is 24.1 Å². The fraction of sp³-hybridized carbons (Fsp3) is 0.360. The van der Waals surface area contributed by atoms with Crippen molar-refractivity contribution in [1.82, 2.24) is 19.9 Å². The summed E-state index contributed by atoms with van der Waals surface area (Å²) in [6.45, 7) is 7.64. The summed E-state index contributed by atoms with van der Waals surface area (Å²) in [5.41, 5.74) is 4.83. The summed E-state index contributed by atoms with van der Waals surface area (Å²) in [6.07, 6.45) is 1.97. The molecule has 3 aromatic rings. The maximum absolute atomic E-state index is 13.8. The Kier molecular flexibility index (Phi) is 6.93. The number of aryl methyl sites for hydroxylation is 3. The lowest BCUT2D eigenvalue weighted by atomic mass is 9.93. The van der Waals surface area contributed by atoms with Crippen LogP contribution in [-0.2, 0) is 4.79 Å². The Bertz CT molecular complexity index is 1130. The van der Waals surface area contributed by atoms with Gasteiger partial charge in [0.2, 0.25) is 11.9 Å². The molecule has 2 aromatic heterocycles. The number of amides is 1. The van der Waals surface area contributed by atoms with Crippen molar-refractivity contribution < 1.29 is 9.18 Å². The zero-order valence-corrected chi connectivity index (χ0v) is 19.2. The Morgan fingerprint density at radius 3 is 2.55 bits per heavy atom. The number of carbonyl (C=O) groups is 1. The number of pyridine rings is 1. The van der Waals surface area contributed by atoms with Gasteiger partial charge in [-0.25, -0.2) is 14.4 Å². The Labute approximate surface area is 193 Å². The molecule has 0 aliphatic carbocycles. The first-order valence-electron chi connectivity index (χ1n) is 11.2. The third-order valence-electron chi connectivity index (χ3n) is 5.65. The van der Waals surface area contributed by atoms with Crippen LogP contribution in [0.25, 0.3) is 0 Å². The zero-order valence-electron chi connectivity index (χ0n) is 19.2. The predicted octanol–water partition coefficient (Wildman–Crippen LogP) is 4.50. The second-order valence-electron chi connectivity index (χ2n) is 8.62. The zero-order chi connectivity index (χ0) is 23.4. The van der Waals surface area contributed by atoms with E-state index in [0.717, 1.165) is 54.4 Å². The van der Waals surface area contributed by atoms with Crippen molar-refractivity contribution in [1.29, 1.82) is 0 Å². The van der Waals surface area contributed by atoms with Crippen LogP contribution in [-0.4, -0.2) is 45.4 Å². The number of rotatable bonds is 6. The fourth-order valence-corrected chi connectivity index (χ4v) is 4.28. The van der Waals surface area contributed by atoms with Gasteiger partial charge in [0.15, 0.2) is 0 Å². The molecular weight excluding hydrogens is 419 g/mol. The number of hydrogen-bond acceptors (Lipinski definition) is 6. The maximum Gasteiger partial charge on any atom is 0.238 e. The van der Waals surface area contributed by atoms with Crippen molar-refractivity contribution >= 4 is 23.2 Å². The Morgan fingerprint density at radius 2 is 1.79 bits per heavy atom. The minimum atomic E-state index is -0.431. The Balaban J connectivity index is 1.43. The number of carbonyl (C=O) groups excluding carboxylic acids is 1. The molecular formula is C25H29FN6O. The monoisotopic (exact) mass is 448 g/mol. The molecule has 0 saturated carbocycles. The van der Waals surface area contributed by atoms with E-state index in [0.29, 0.717) is 5.95 Å². The molecule has 2 N–H and O–H groups in total. The molecule has 0 spiro atoms. The molecule has 1 atom stereocenters. The van der Waals surface area contributed by atoms with Gasteiger partial charge in [-0.3, -0.25) is 14.7 Å². The van der Waals surface area contributed by atoms with Crippen LogP contribution >= 0.6 is 0 Å². The van der Waals surface area contributed by atoms with Gasteiger partial charge >= 0.3 is 0 Å². The summed E-state index contributed by atoms with van der Waals surface area (Å²) in [5, 5.41) is 5.98. The average Bonchev–Trinajstić information content (AvgIpc) is 2.74. The minimum absolute atomic E-state index is 0.209. The molecule has 1 aliphatic rings. The molecule has 33 heavy (non-hydrogen) atoms. The summed E-state index contributed by atoms with van der Waals surface area (Å²) < 4.78 is 13.8. The van der Waals surface area contributed by atoms with E-state index in [1.807, 2.05) is 39.0 Å². The highest BCUT2D eigenvalue weighted by Crippen LogP contribution is 2.28. The molecule has 1 fully saturated rings. The van der Waals surface area contributed by atoms with E-state index >= 15 is 0 Å². The van der Waals surface area contributed by atoms with Gasteiger partial charge in [-0.2, -0.15) is 0 Å². The van der Waals surface area contributed by atoms with Crippen molar-refractivity contribution in [2.75, 3.05) is 30.3 Å². The van der Waals surface area contributed by atoms with Crippen molar-refractivity contribution in [2.45, 2.75) is 39.5 Å². The van der Waals surface area contributed by atoms with Crippen LogP contribution in [0.2, 0.25) is 0 Å². The summed E-state index contributed by atoms with van der Waals surface area (Å²) in [7, 11) is 0. The third-order valence-corrected chi connectivity index (χ3v) is 5.65. The van der Waals surface area contributed by atoms with Crippen molar-refractivity contribution in [3.8, 4) is 0 Å². The van der Waals surface area contributed by atoms with E-state index in [1.165, 1.54) is 6.07 Å². The highest BCUT2D eigenvalue weighted by molar-refractivity contribution is 5.92. The van der Waals surface area contributed by atoms with Crippen molar-refractivity contribution in [3.63, 3.8) is 0 Å². The molecule has 3 heterocycles. The molecule has 0 bridgehead atoms. The second-order valence-corrected chi connectivity index (χ2v) is 8.62. The number of hydrogen-bond donors (Lipinski definition) is 2. The summed E-state index contributed by atoms with van der Waals surface area (Å²) in [5.74, 6) is 0.131. The normalized spacial score (nSPS) is 16.4. The summed E-state index contributed by atoms with van der Waals surface area (Å²) >= 11 is 0. The van der Waals surface area contributed by atoms with E-state index in [2.05, 4.69) is 25.5 Å². The Hall–Kier alpha value is -3.39. The molecule has 0 unspecified atom stereocenters. The largest absolute Gasteiger partial charge is 0.324 e. The molecule has 172 valence electrons. The number of aromatic nitrogens is 3. The van der Waals surface area contributed by atoms with Gasteiger partial charge in [0.1, 0.15) is 5.82 Å². The number of benzene rings is 1. The van der Waals surface area contributed by atoms with Gasteiger partial charge in [0, 0.05) is 40.9 Å². The first-order chi connectivity index (χ1) is 15.9. The number of nitrogens with zero attached hydrogens (tertiary/aromatic N) is 4. The smallest absolute Gasteiger partial charge is 0.238 e. The van der Waals surface area contributed by atoms with Gasteiger partial charge in [-0.1, -0.05) is 12.1 Å². The third kappa shape index (κ3) is 6.10. The lowest BCUT2D eigenvalue weighted by Crippen LogP contribution is -2.40. The fourth-order valence-electron chi connectivity index (χ4n) is 4.28. The molecule has 4 rings (SSSR count). The van der Waals surface area contributed by atoms with Crippen molar-refractivity contribution in [2.24, 2.45) is 0 Å². The minimum Gasteiger partial charge on any atom is -0.324 e. The number of piperidine rings is 1. The molecule has 1 aliphatic heterocycles. The van der Waals surface area contributed by atoms with Crippen LogP contribution in [0.1, 0.15) is 41.5 Å². The highest BCUT2D eigenvalue weighted by Gasteiger charge is 2.24. The van der Waals surface area contributed by atoms with Crippen LogP contribution in [0.15, 0.2) is 42.5 Å². The lowest BCUT2D eigenvalue weighted by Gasteiger charge is -2.32. The van der Waals surface area contributed by atoms with Crippen LogP contribution < -0.4 is 10.6 Å². The molecule has 0 radical (unpaired) electrons. The molecule has 7 nitrogen and oxygen atoms in total. The first kappa shape index (κ1) is 22.8. The van der Waals surface area contributed by atoms with E-state index in [1.54, 1.807) is 18.2 Å². The van der Waals surface area contributed by atoms with Gasteiger partial charge in [0.05, 0.1) is 12.2 Å². The van der Waals surface area contributed by atoms with E-state index < -0.39 is 5.82 Å². The standard InChI is InChI=1S/C25H29FN6O/c1-16-11-17(2)29-25(28-16)30-20-12-18(3)27-23(13-20)19-7-6-10-32(14-19)15-24(33)31-22-9-5-4-8-21(22)26/h4-5,8-9,11-13,19H,6-7,10,14-15H2,1-3H3,(H,31,33)(H,27,28,29,30)/t19-/m0/s1. The van der Waals surface area contributed by atoms with Crippen LogP contribution in [0.3, 0.4) is 0 Å². The van der Waals surface area contributed by atoms with Crippen LogP contribution in [0.5, 0.6) is 0 Å². The average molecular weight is 449 g/mol. The summed E-state index contributed by atoms with van der Waals surface area (Å²) in [4.78, 5) is 28.3. The maximum atomic E-state index is 13.8. The number of para-hydroxylation sites is 1. The van der Waals surface area contributed by atoms with E-state index in [9.17, 15) is 9.18 Å². The van der Waals surface area contributed by atoms with E-state index in [4.69, 9.17) is 4.98 Å². The van der Waals surface area contributed by atoms with Gasteiger partial charge in [-0.05, 0) is 70.5 Å². The number of anilines is 3. The second kappa shape index (κ2) is 10.0. The summed E-state index contributed by atoms with van der Waals surface area (Å²) in [6, 6.07) is 12.2. The topological polar surface area (TPSA) is 83.0 Å². The molecule has 1 aromatic carbocycles. The number of nitrogens with one attached hydrogen (secondary N) is 2. The molecule has 8 heteroatoms. The highest BCUT2D eigenvalue weighted by atomic mass is 19.1. The molecule has 1 amide bonds. The van der Waals surface area contributed by atoms with Crippen molar-refractivity contribution in [3.05, 3.63) is 71.1 Å². The quantitative estimate of drug-likeness (QED) is 0.578. The van der Waals surface area contributed by atoms with Crippen LogP contribution in [0, 0.1) is 26.6 Å². The first-order valence-corrected chi connectivity index (χ1v) is 11.2. The number of halogens is 1. The molecule has 1 saturated heterocycles. The number of likely N-dealkylation sites (tertiary alicyclic amines) is 1. The SMILES string of the molecule is Cc1cc(Nc2nc(C)cc(C)n2)cc([C@H]2CCCN(CC(=O)Nc3ccccc3F)C2)n1. The Morgan fingerprint density at radius 1 is 1.06 bits per heavy atom.